The Balaban J connectivity index is 2.75. The first-order valence-corrected chi connectivity index (χ1v) is 7.85. The average molecular weight is 297 g/mol. The Morgan fingerprint density at radius 1 is 1.25 bits per heavy atom. The summed E-state index contributed by atoms with van der Waals surface area (Å²) in [7, 11) is 2.19. The lowest BCUT2D eigenvalue weighted by Gasteiger charge is -2.35. The maximum absolute atomic E-state index is 6.32. The summed E-state index contributed by atoms with van der Waals surface area (Å²) in [4.78, 5) is 2.42. The Labute approximate surface area is 129 Å². The molecule has 0 radical (unpaired) electrons. The van der Waals surface area contributed by atoms with E-state index in [2.05, 4.69) is 64.0 Å². The number of halogens is 1. The van der Waals surface area contributed by atoms with Crippen LogP contribution >= 0.6 is 11.6 Å². The van der Waals surface area contributed by atoms with Crippen LogP contribution in [0.4, 0.5) is 0 Å². The van der Waals surface area contributed by atoms with Crippen LogP contribution in [0.25, 0.3) is 0 Å². The fourth-order valence-electron chi connectivity index (χ4n) is 2.35. The smallest absolute Gasteiger partial charge is 0.0453 e. The molecule has 0 aliphatic carbocycles. The highest BCUT2D eigenvalue weighted by Crippen LogP contribution is 2.27. The number of likely N-dealkylation sites (N-methyl/N-ethyl adjacent to an activating group) is 1. The van der Waals surface area contributed by atoms with E-state index in [1.54, 1.807) is 0 Å². The molecule has 20 heavy (non-hydrogen) atoms. The lowest BCUT2D eigenvalue weighted by atomic mass is 10.0. The fourth-order valence-corrected chi connectivity index (χ4v) is 2.64. The molecule has 0 saturated heterocycles. The van der Waals surface area contributed by atoms with E-state index in [-0.39, 0.29) is 5.54 Å². The first-order valence-electron chi connectivity index (χ1n) is 7.47. The molecule has 0 bridgehead atoms. The van der Waals surface area contributed by atoms with Gasteiger partial charge in [0.1, 0.15) is 0 Å². The van der Waals surface area contributed by atoms with Gasteiger partial charge in [-0.1, -0.05) is 36.7 Å². The van der Waals surface area contributed by atoms with Gasteiger partial charge in [-0.15, -0.1) is 0 Å². The minimum atomic E-state index is 0.155. The summed E-state index contributed by atoms with van der Waals surface area (Å²) in [6.07, 6.45) is 1.12. The lowest BCUT2D eigenvalue weighted by molar-refractivity contribution is 0.167. The molecule has 0 saturated carbocycles. The van der Waals surface area contributed by atoms with Gasteiger partial charge >= 0.3 is 0 Å². The minimum absolute atomic E-state index is 0.155. The van der Waals surface area contributed by atoms with Gasteiger partial charge in [0.2, 0.25) is 0 Å². The summed E-state index contributed by atoms with van der Waals surface area (Å²) in [5, 5.41) is 4.45. The molecular weight excluding hydrogens is 268 g/mol. The summed E-state index contributed by atoms with van der Waals surface area (Å²) < 4.78 is 0. The third-order valence-electron chi connectivity index (χ3n) is 3.88. The molecule has 0 fully saturated rings. The molecule has 2 atom stereocenters. The predicted octanol–water partition coefficient (Wildman–Crippen LogP) is 4.50. The van der Waals surface area contributed by atoms with Crippen LogP contribution in [0, 0.1) is 0 Å². The Hall–Kier alpha value is -0.570. The van der Waals surface area contributed by atoms with Crippen LogP contribution in [-0.4, -0.2) is 30.1 Å². The molecule has 0 aliphatic rings. The maximum Gasteiger partial charge on any atom is 0.0453 e. The Morgan fingerprint density at radius 3 is 2.35 bits per heavy atom. The molecule has 114 valence electrons. The minimum Gasteiger partial charge on any atom is -0.311 e. The van der Waals surface area contributed by atoms with E-state index in [4.69, 9.17) is 11.6 Å². The number of rotatable bonds is 6. The second-order valence-electron chi connectivity index (χ2n) is 6.56. The summed E-state index contributed by atoms with van der Waals surface area (Å²) in [6.45, 7) is 12.1. The van der Waals surface area contributed by atoms with Crippen LogP contribution in [0.15, 0.2) is 24.3 Å². The summed E-state index contributed by atoms with van der Waals surface area (Å²) in [5.74, 6) is 0. The van der Waals surface area contributed by atoms with Crippen LogP contribution in [0.3, 0.4) is 0 Å². The molecule has 2 nitrogen and oxygen atoms in total. The predicted molar refractivity (Wildman–Crippen MR) is 89.5 cm³/mol. The Morgan fingerprint density at radius 2 is 1.85 bits per heavy atom. The van der Waals surface area contributed by atoms with Crippen molar-refractivity contribution in [2.24, 2.45) is 0 Å². The molecule has 1 aromatic rings. The number of hydrogen-bond acceptors (Lipinski definition) is 2. The van der Waals surface area contributed by atoms with Crippen molar-refractivity contribution < 1.29 is 0 Å². The zero-order chi connectivity index (χ0) is 15.3. The Bertz CT molecular complexity index is 412. The summed E-state index contributed by atoms with van der Waals surface area (Å²) in [6, 6.07) is 8.94. The Kier molecular flexibility index (Phi) is 6.50. The van der Waals surface area contributed by atoms with Gasteiger partial charge in [0.05, 0.1) is 0 Å². The van der Waals surface area contributed by atoms with Gasteiger partial charge in [-0.25, -0.2) is 0 Å². The van der Waals surface area contributed by atoms with Crippen LogP contribution in [0.5, 0.6) is 0 Å². The quantitative estimate of drug-likeness (QED) is 0.831. The zero-order valence-electron chi connectivity index (χ0n) is 13.7. The van der Waals surface area contributed by atoms with E-state index in [9.17, 15) is 0 Å². The molecule has 0 spiro atoms. The van der Waals surface area contributed by atoms with Gasteiger partial charge in [-0.3, -0.25) is 4.90 Å². The highest BCUT2D eigenvalue weighted by molar-refractivity contribution is 6.31. The largest absolute Gasteiger partial charge is 0.311 e. The van der Waals surface area contributed by atoms with Crippen LogP contribution in [0.2, 0.25) is 5.02 Å². The van der Waals surface area contributed by atoms with Gasteiger partial charge < -0.3 is 5.32 Å². The molecule has 3 heteroatoms. The van der Waals surface area contributed by atoms with Gasteiger partial charge in [-0.2, -0.15) is 0 Å². The molecule has 0 aliphatic heterocycles. The molecule has 0 aromatic heterocycles. The molecule has 1 rings (SSSR count). The number of hydrogen-bond donors (Lipinski definition) is 1. The summed E-state index contributed by atoms with van der Waals surface area (Å²) in [5.41, 5.74) is 1.35. The van der Waals surface area contributed by atoms with E-state index in [1.807, 2.05) is 12.1 Å². The van der Waals surface area contributed by atoms with E-state index in [0.717, 1.165) is 18.0 Å². The molecule has 0 heterocycles. The van der Waals surface area contributed by atoms with E-state index in [1.165, 1.54) is 5.56 Å². The number of nitrogens with one attached hydrogen (secondary N) is 1. The van der Waals surface area contributed by atoms with Crippen molar-refractivity contribution in [2.45, 2.75) is 58.7 Å². The van der Waals surface area contributed by atoms with Crippen molar-refractivity contribution in [1.29, 1.82) is 0 Å². The topological polar surface area (TPSA) is 15.3 Å². The number of benzene rings is 1. The van der Waals surface area contributed by atoms with Gasteiger partial charge in [0.25, 0.3) is 0 Å². The molecular formula is C17H29ClN2. The highest BCUT2D eigenvalue weighted by atomic mass is 35.5. The van der Waals surface area contributed by atoms with Crippen molar-refractivity contribution >= 4 is 11.6 Å². The average Bonchev–Trinajstić information content (AvgIpc) is 2.37. The van der Waals surface area contributed by atoms with Crippen molar-refractivity contribution in [1.82, 2.24) is 10.2 Å². The van der Waals surface area contributed by atoms with Crippen LogP contribution in [0.1, 0.15) is 52.6 Å². The third-order valence-corrected chi connectivity index (χ3v) is 4.23. The second kappa shape index (κ2) is 7.44. The molecule has 1 N–H and O–H groups in total. The van der Waals surface area contributed by atoms with E-state index in [0.29, 0.717) is 12.1 Å². The normalized spacial score (nSPS) is 15.4. The van der Waals surface area contributed by atoms with Crippen LogP contribution < -0.4 is 5.32 Å². The number of nitrogens with zero attached hydrogens (tertiary/aromatic N) is 1. The lowest BCUT2D eigenvalue weighted by Crippen LogP contribution is -2.46. The molecule has 2 unspecified atom stereocenters. The highest BCUT2D eigenvalue weighted by Gasteiger charge is 2.22. The first-order chi connectivity index (χ1) is 9.26. The monoisotopic (exact) mass is 296 g/mol. The van der Waals surface area contributed by atoms with E-state index >= 15 is 0 Å². The van der Waals surface area contributed by atoms with Crippen LogP contribution in [-0.2, 0) is 0 Å². The van der Waals surface area contributed by atoms with Gasteiger partial charge in [-0.05, 0) is 52.8 Å². The SMILES string of the molecule is CCC(CNC(C)(C)C)N(C)C(C)c1ccccc1Cl. The fraction of sp³-hybridized carbons (Fsp3) is 0.647. The standard InChI is InChI=1S/C17H29ClN2/c1-7-14(12-19-17(3,4)5)20(6)13(2)15-10-8-9-11-16(15)18/h8-11,13-14,19H,7,12H2,1-6H3. The zero-order valence-corrected chi connectivity index (χ0v) is 14.5. The van der Waals surface area contributed by atoms with Gasteiger partial charge in [0, 0.05) is 29.2 Å². The van der Waals surface area contributed by atoms with Crippen molar-refractivity contribution in [3.63, 3.8) is 0 Å². The molecule has 1 aromatic carbocycles. The van der Waals surface area contributed by atoms with Crippen molar-refractivity contribution in [3.8, 4) is 0 Å². The third kappa shape index (κ3) is 5.08. The van der Waals surface area contributed by atoms with E-state index < -0.39 is 0 Å². The maximum atomic E-state index is 6.32. The van der Waals surface area contributed by atoms with Crippen molar-refractivity contribution in [3.05, 3.63) is 34.9 Å². The second-order valence-corrected chi connectivity index (χ2v) is 6.96. The van der Waals surface area contributed by atoms with Crippen molar-refractivity contribution in [2.75, 3.05) is 13.6 Å². The van der Waals surface area contributed by atoms with Gasteiger partial charge in [0.15, 0.2) is 0 Å². The first kappa shape index (κ1) is 17.5. The molecule has 0 amide bonds. The summed E-state index contributed by atoms with van der Waals surface area (Å²) >= 11 is 6.32.